The molecule has 4 aromatic rings. The number of pyridine rings is 1. The van der Waals surface area contributed by atoms with Crippen molar-refractivity contribution in [3.8, 4) is 5.75 Å². The number of hydrogen-bond donors (Lipinski definition) is 2. The van der Waals surface area contributed by atoms with Crippen molar-refractivity contribution in [3.63, 3.8) is 0 Å². The molecule has 19 heteroatoms. The summed E-state index contributed by atoms with van der Waals surface area (Å²) in [5.74, 6) is -2.79. The first-order chi connectivity index (χ1) is 27.3. The predicted octanol–water partition coefficient (Wildman–Crippen LogP) is 4.86. The van der Waals surface area contributed by atoms with E-state index in [1.807, 2.05) is 15.8 Å². The smallest absolute Gasteiger partial charge is 0.433 e. The molecule has 2 N–H and O–H groups in total. The van der Waals surface area contributed by atoms with Gasteiger partial charge in [-0.1, -0.05) is 6.07 Å². The highest BCUT2D eigenvalue weighted by Crippen LogP contribution is 2.37. The second kappa shape index (κ2) is 14.8. The van der Waals surface area contributed by atoms with Gasteiger partial charge in [0.05, 0.1) is 47.7 Å². The second-order valence-electron chi connectivity index (χ2n) is 14.5. The number of carbonyl (C=O) groups is 5. The third-order valence-corrected chi connectivity index (χ3v) is 11.0. The van der Waals surface area contributed by atoms with E-state index in [1.54, 1.807) is 12.1 Å². The largest absolute Gasteiger partial charge is 0.494 e. The Hall–Kier alpha value is -6.11. The van der Waals surface area contributed by atoms with Gasteiger partial charge in [0.25, 0.3) is 17.7 Å². The summed E-state index contributed by atoms with van der Waals surface area (Å²) in [5, 5.41) is 11.7. The topological polar surface area (TPSA) is 162 Å². The van der Waals surface area contributed by atoms with Gasteiger partial charge in [-0.2, -0.15) is 23.3 Å². The number of benzene rings is 2. The molecule has 2 aromatic carbocycles. The molecule has 15 nitrogen and oxygen atoms in total. The highest BCUT2D eigenvalue weighted by atomic mass is 19.4. The molecule has 4 aliphatic rings. The maximum Gasteiger partial charge on any atom is 0.433 e. The zero-order valence-corrected chi connectivity index (χ0v) is 30.6. The molecule has 0 radical (unpaired) electrons. The number of nitrogens with one attached hydrogen (secondary N) is 2. The molecule has 0 atom stereocenters. The van der Waals surface area contributed by atoms with Crippen molar-refractivity contribution in [1.82, 2.24) is 35.0 Å². The molecule has 0 spiro atoms. The maximum atomic E-state index is 15.4. The van der Waals surface area contributed by atoms with Crippen molar-refractivity contribution in [2.24, 2.45) is 5.92 Å². The number of alkyl halides is 3. The fraction of sp³-hybridized carbons (Fsp3) is 0.395. The number of hydrazine groups is 1. The van der Waals surface area contributed by atoms with Crippen LogP contribution in [0.15, 0.2) is 48.7 Å². The fourth-order valence-electron chi connectivity index (χ4n) is 8.00. The number of methoxy groups -OCH3 is 1. The Morgan fingerprint density at radius 1 is 0.947 bits per heavy atom. The van der Waals surface area contributed by atoms with Crippen LogP contribution < -0.4 is 20.3 Å². The first-order valence-corrected chi connectivity index (χ1v) is 18.5. The van der Waals surface area contributed by atoms with E-state index in [9.17, 15) is 37.1 Å². The number of amides is 6. The normalized spacial score (nSPS) is 20.6. The van der Waals surface area contributed by atoms with E-state index < -0.39 is 47.3 Å². The number of ether oxygens (including phenoxy) is 1. The molecule has 6 amide bonds. The minimum Gasteiger partial charge on any atom is -0.494 e. The number of imide groups is 2. The number of urea groups is 1. The zero-order valence-electron chi connectivity index (χ0n) is 30.6. The molecule has 1 aliphatic carbocycles. The van der Waals surface area contributed by atoms with E-state index in [0.717, 1.165) is 60.8 Å². The highest BCUT2D eigenvalue weighted by Gasteiger charge is 2.44. The molecule has 298 valence electrons. The molecule has 3 fully saturated rings. The number of hydrogen-bond acceptors (Lipinski definition) is 10. The zero-order chi connectivity index (χ0) is 40.2. The van der Waals surface area contributed by atoms with E-state index >= 15 is 4.39 Å². The summed E-state index contributed by atoms with van der Waals surface area (Å²) in [5.41, 5.74) is -0.555. The third-order valence-electron chi connectivity index (χ3n) is 11.0. The van der Waals surface area contributed by atoms with Crippen LogP contribution in [0.3, 0.4) is 0 Å². The minimum absolute atomic E-state index is 0.00305. The van der Waals surface area contributed by atoms with E-state index in [-0.39, 0.29) is 47.2 Å². The lowest BCUT2D eigenvalue weighted by Gasteiger charge is -2.39. The Morgan fingerprint density at radius 3 is 2.35 bits per heavy atom. The standard InChI is InChI=1S/C38H37F4N9O6/c1-57-31-18-28-22(15-29(31)44-34(53)27-3-2-4-32(43-27)38(40,41)42)20-49(46-28)23-7-5-21(6-8-23)19-47-11-13-48(14-12-47)30-17-25-24(16-26(30)39)35(54)51(36(25)55)50-10-9-33(52)45-37(50)56/h2-4,15-18,20-21,23H,5-14,19H2,1H3,(H,44,53)(H,45,52,56). The SMILES string of the molecule is COc1cc2nn(C3CCC(CN4CCN(c5cc6c(cc5F)C(=O)N(N5CCC(=O)NC5=O)C6=O)CC4)CC3)cc2cc1NC(=O)c1cccc(C(F)(F)F)n1. The summed E-state index contributed by atoms with van der Waals surface area (Å²) in [6.45, 7) is 3.09. The van der Waals surface area contributed by atoms with Gasteiger partial charge in [-0.05, 0) is 61.9 Å². The van der Waals surface area contributed by atoms with Crippen LogP contribution in [0.4, 0.5) is 33.7 Å². The van der Waals surface area contributed by atoms with Crippen LogP contribution in [-0.4, -0.2) is 106 Å². The van der Waals surface area contributed by atoms with Crippen molar-refractivity contribution in [2.75, 3.05) is 56.6 Å². The Morgan fingerprint density at radius 2 is 1.67 bits per heavy atom. The van der Waals surface area contributed by atoms with Gasteiger partial charge >= 0.3 is 12.2 Å². The van der Waals surface area contributed by atoms with Gasteiger partial charge < -0.3 is 15.0 Å². The first-order valence-electron chi connectivity index (χ1n) is 18.5. The molecular weight excluding hydrogens is 754 g/mol. The Bertz CT molecular complexity index is 2300. The number of aromatic nitrogens is 3. The molecule has 5 heterocycles. The molecule has 0 bridgehead atoms. The Labute approximate surface area is 322 Å². The Kier molecular flexibility index (Phi) is 9.79. The Balaban J connectivity index is 0.854. The monoisotopic (exact) mass is 791 g/mol. The van der Waals surface area contributed by atoms with Crippen LogP contribution in [0.1, 0.15) is 75.0 Å². The van der Waals surface area contributed by atoms with Gasteiger partial charge in [0.15, 0.2) is 0 Å². The lowest BCUT2D eigenvalue weighted by Crippen LogP contribution is -2.58. The van der Waals surface area contributed by atoms with Crippen LogP contribution in [-0.2, 0) is 11.0 Å². The summed E-state index contributed by atoms with van der Waals surface area (Å²) < 4.78 is 62.3. The lowest BCUT2D eigenvalue weighted by molar-refractivity contribution is -0.141. The van der Waals surface area contributed by atoms with Crippen LogP contribution in [0.5, 0.6) is 5.75 Å². The number of halogens is 4. The fourth-order valence-corrected chi connectivity index (χ4v) is 8.00. The molecule has 57 heavy (non-hydrogen) atoms. The molecule has 1 saturated carbocycles. The maximum absolute atomic E-state index is 15.4. The number of anilines is 2. The number of piperazine rings is 1. The van der Waals surface area contributed by atoms with Crippen molar-refractivity contribution in [3.05, 3.63) is 77.0 Å². The number of nitrogens with zero attached hydrogens (tertiary/aromatic N) is 7. The van der Waals surface area contributed by atoms with E-state index in [1.165, 1.54) is 19.2 Å². The van der Waals surface area contributed by atoms with Crippen molar-refractivity contribution >= 4 is 51.9 Å². The van der Waals surface area contributed by atoms with Crippen molar-refractivity contribution in [2.45, 2.75) is 44.3 Å². The molecule has 2 saturated heterocycles. The summed E-state index contributed by atoms with van der Waals surface area (Å²) in [6.07, 6.45) is 0.829. The van der Waals surface area contributed by atoms with E-state index in [4.69, 9.17) is 9.84 Å². The van der Waals surface area contributed by atoms with Gasteiger partial charge in [0.2, 0.25) is 5.91 Å². The van der Waals surface area contributed by atoms with Crippen molar-refractivity contribution in [1.29, 1.82) is 0 Å². The van der Waals surface area contributed by atoms with Gasteiger partial charge in [-0.15, -0.1) is 0 Å². The van der Waals surface area contributed by atoms with Crippen LogP contribution in [0.25, 0.3) is 10.9 Å². The second-order valence-corrected chi connectivity index (χ2v) is 14.5. The van der Waals surface area contributed by atoms with Gasteiger partial charge in [-0.25, -0.2) is 19.2 Å². The summed E-state index contributed by atoms with van der Waals surface area (Å²) in [4.78, 5) is 70.8. The van der Waals surface area contributed by atoms with E-state index in [0.29, 0.717) is 48.4 Å². The van der Waals surface area contributed by atoms with Crippen LogP contribution >= 0.6 is 0 Å². The molecule has 3 aliphatic heterocycles. The lowest BCUT2D eigenvalue weighted by atomic mass is 9.85. The molecule has 0 unspecified atom stereocenters. The quantitative estimate of drug-likeness (QED) is 0.186. The molecule has 8 rings (SSSR count). The average Bonchev–Trinajstić information content (AvgIpc) is 3.71. The number of fused-ring (bicyclic) bond motifs is 2. The van der Waals surface area contributed by atoms with Gasteiger partial charge in [0, 0.05) is 56.8 Å². The summed E-state index contributed by atoms with van der Waals surface area (Å²) >= 11 is 0. The van der Waals surface area contributed by atoms with Crippen LogP contribution in [0, 0.1) is 11.7 Å². The van der Waals surface area contributed by atoms with Gasteiger partial charge in [-0.3, -0.25) is 34.1 Å². The van der Waals surface area contributed by atoms with Crippen molar-refractivity contribution < 1.29 is 46.3 Å². The van der Waals surface area contributed by atoms with Gasteiger partial charge in [0.1, 0.15) is 23.0 Å². The number of carbonyl (C=O) groups excluding carboxylic acids is 5. The van der Waals surface area contributed by atoms with Crippen LogP contribution in [0.2, 0.25) is 0 Å². The number of rotatable bonds is 8. The minimum atomic E-state index is -4.69. The molecule has 2 aromatic heterocycles. The molecular formula is C38H37F4N9O6. The third kappa shape index (κ3) is 7.34. The summed E-state index contributed by atoms with van der Waals surface area (Å²) in [6, 6.07) is 8.15. The summed E-state index contributed by atoms with van der Waals surface area (Å²) in [7, 11) is 1.42. The van der Waals surface area contributed by atoms with E-state index in [2.05, 4.69) is 20.5 Å². The first kappa shape index (κ1) is 37.8. The average molecular weight is 792 g/mol. The highest BCUT2D eigenvalue weighted by molar-refractivity contribution is 6.22. The predicted molar refractivity (Wildman–Crippen MR) is 195 cm³/mol.